The minimum atomic E-state index is 0.485. The Kier molecular flexibility index (Phi) is 4.02. The molecule has 2 aliphatic heterocycles. The van der Waals surface area contributed by atoms with E-state index in [1.54, 1.807) is 0 Å². The maximum absolute atomic E-state index is 3.65. The van der Waals surface area contributed by atoms with E-state index in [-0.39, 0.29) is 0 Å². The summed E-state index contributed by atoms with van der Waals surface area (Å²) >= 11 is 0. The van der Waals surface area contributed by atoms with Gasteiger partial charge in [-0.05, 0) is 50.8 Å². The average Bonchev–Trinajstić information content (AvgIpc) is 2.77. The molecule has 2 aliphatic rings. The lowest BCUT2D eigenvalue weighted by Crippen LogP contribution is -2.49. The molecule has 1 fully saturated rings. The number of piperidine rings is 1. The van der Waals surface area contributed by atoms with Gasteiger partial charge in [-0.3, -0.25) is 0 Å². The molecule has 2 nitrogen and oxygen atoms in total. The Morgan fingerprint density at radius 1 is 1.35 bits per heavy atom. The van der Waals surface area contributed by atoms with Gasteiger partial charge in [0, 0.05) is 30.2 Å². The summed E-state index contributed by atoms with van der Waals surface area (Å²) in [5.41, 5.74) is 3.51. The zero-order chi connectivity index (χ0) is 14.0. The number of anilines is 1. The van der Waals surface area contributed by atoms with E-state index in [0.717, 1.165) is 0 Å². The van der Waals surface area contributed by atoms with Crippen LogP contribution >= 0.6 is 0 Å². The fraction of sp³-hybridized carbons (Fsp3) is 0.667. The number of nitrogens with zero attached hydrogens (tertiary/aromatic N) is 1. The Morgan fingerprint density at radius 2 is 2.20 bits per heavy atom. The van der Waals surface area contributed by atoms with E-state index in [9.17, 15) is 0 Å². The minimum absolute atomic E-state index is 0.485. The van der Waals surface area contributed by atoms with Crippen LogP contribution in [-0.2, 0) is 6.42 Å². The SMILES string of the molecule is CCCC1(CN2c3ccccc3CC2C)CCCNC1. The molecule has 1 N–H and O–H groups in total. The molecule has 2 heterocycles. The van der Waals surface area contributed by atoms with Gasteiger partial charge in [0.25, 0.3) is 0 Å². The topological polar surface area (TPSA) is 15.3 Å². The van der Waals surface area contributed by atoms with Crippen molar-refractivity contribution in [2.24, 2.45) is 5.41 Å². The molecule has 0 aliphatic carbocycles. The van der Waals surface area contributed by atoms with E-state index < -0.39 is 0 Å². The molecule has 0 radical (unpaired) electrons. The summed E-state index contributed by atoms with van der Waals surface area (Å²) in [6, 6.07) is 9.64. The Balaban J connectivity index is 1.81. The zero-order valence-corrected chi connectivity index (χ0v) is 13.0. The van der Waals surface area contributed by atoms with Gasteiger partial charge in [-0.1, -0.05) is 31.5 Å². The third-order valence-corrected chi connectivity index (χ3v) is 5.20. The van der Waals surface area contributed by atoms with E-state index in [1.807, 2.05) is 0 Å². The number of rotatable bonds is 4. The number of benzene rings is 1. The highest BCUT2D eigenvalue weighted by Crippen LogP contribution is 2.39. The Labute approximate surface area is 123 Å². The molecule has 2 atom stereocenters. The van der Waals surface area contributed by atoms with Crippen molar-refractivity contribution in [2.75, 3.05) is 24.5 Å². The van der Waals surface area contributed by atoms with Crippen LogP contribution < -0.4 is 10.2 Å². The van der Waals surface area contributed by atoms with E-state index in [0.29, 0.717) is 11.5 Å². The molecule has 20 heavy (non-hydrogen) atoms. The molecule has 0 bridgehead atoms. The van der Waals surface area contributed by atoms with Crippen molar-refractivity contribution >= 4 is 5.69 Å². The first-order chi connectivity index (χ1) is 9.74. The van der Waals surface area contributed by atoms with Crippen LogP contribution in [0.3, 0.4) is 0 Å². The second-order valence-corrected chi connectivity index (χ2v) is 6.84. The molecule has 1 aromatic carbocycles. The van der Waals surface area contributed by atoms with Gasteiger partial charge >= 0.3 is 0 Å². The number of hydrogen-bond donors (Lipinski definition) is 1. The van der Waals surface area contributed by atoms with Crippen LogP contribution in [0, 0.1) is 5.41 Å². The van der Waals surface area contributed by atoms with Crippen molar-refractivity contribution in [3.63, 3.8) is 0 Å². The fourth-order valence-corrected chi connectivity index (χ4v) is 4.22. The van der Waals surface area contributed by atoms with Crippen molar-refractivity contribution in [3.8, 4) is 0 Å². The van der Waals surface area contributed by atoms with Gasteiger partial charge in [-0.15, -0.1) is 0 Å². The molecule has 1 saturated heterocycles. The van der Waals surface area contributed by atoms with Crippen LogP contribution in [0.15, 0.2) is 24.3 Å². The number of para-hydroxylation sites is 1. The largest absolute Gasteiger partial charge is 0.368 e. The van der Waals surface area contributed by atoms with Crippen LogP contribution in [0.2, 0.25) is 0 Å². The second kappa shape index (κ2) is 5.77. The summed E-state index contributed by atoms with van der Waals surface area (Å²) < 4.78 is 0. The van der Waals surface area contributed by atoms with Crippen LogP contribution in [-0.4, -0.2) is 25.7 Å². The van der Waals surface area contributed by atoms with Crippen molar-refractivity contribution in [3.05, 3.63) is 29.8 Å². The molecule has 1 aromatic rings. The maximum atomic E-state index is 3.65. The summed E-state index contributed by atoms with van der Waals surface area (Å²) in [5, 5.41) is 3.65. The van der Waals surface area contributed by atoms with Gasteiger partial charge in [0.2, 0.25) is 0 Å². The average molecular weight is 272 g/mol. The molecule has 110 valence electrons. The number of hydrogen-bond acceptors (Lipinski definition) is 2. The molecule has 3 rings (SSSR count). The van der Waals surface area contributed by atoms with Gasteiger partial charge in [-0.25, -0.2) is 0 Å². The highest BCUT2D eigenvalue weighted by atomic mass is 15.2. The number of nitrogens with one attached hydrogen (secondary N) is 1. The summed E-state index contributed by atoms with van der Waals surface area (Å²) in [4.78, 5) is 2.68. The quantitative estimate of drug-likeness (QED) is 0.901. The normalized spacial score (nSPS) is 29.5. The lowest BCUT2D eigenvalue weighted by atomic mass is 9.76. The molecule has 0 spiro atoms. The summed E-state index contributed by atoms with van der Waals surface area (Å²) in [6.45, 7) is 8.35. The smallest absolute Gasteiger partial charge is 0.0402 e. The minimum Gasteiger partial charge on any atom is -0.368 e. The molecular weight excluding hydrogens is 244 g/mol. The molecular formula is C18H28N2. The first kappa shape index (κ1) is 13.9. The lowest BCUT2D eigenvalue weighted by Gasteiger charge is -2.42. The van der Waals surface area contributed by atoms with Gasteiger partial charge in [0.1, 0.15) is 0 Å². The van der Waals surface area contributed by atoms with Crippen LogP contribution in [0.25, 0.3) is 0 Å². The zero-order valence-electron chi connectivity index (χ0n) is 13.0. The fourth-order valence-electron chi connectivity index (χ4n) is 4.22. The van der Waals surface area contributed by atoms with E-state index >= 15 is 0 Å². The van der Waals surface area contributed by atoms with E-state index in [4.69, 9.17) is 0 Å². The molecule has 2 unspecified atom stereocenters. The predicted octanol–water partition coefficient (Wildman–Crippen LogP) is 3.61. The maximum Gasteiger partial charge on any atom is 0.0402 e. The standard InChI is InChI=1S/C18H28N2/c1-3-9-18(10-6-11-19-13-18)14-20-15(2)12-16-7-4-5-8-17(16)20/h4-5,7-8,15,19H,3,6,9-14H2,1-2H3. The first-order valence-electron chi connectivity index (χ1n) is 8.29. The van der Waals surface area contributed by atoms with Gasteiger partial charge in [-0.2, -0.15) is 0 Å². The summed E-state index contributed by atoms with van der Waals surface area (Å²) in [7, 11) is 0. The second-order valence-electron chi connectivity index (χ2n) is 6.84. The van der Waals surface area contributed by atoms with E-state index in [2.05, 4.69) is 48.3 Å². The van der Waals surface area contributed by atoms with Gasteiger partial charge < -0.3 is 10.2 Å². The van der Waals surface area contributed by atoms with Crippen LogP contribution in [0.5, 0.6) is 0 Å². The lowest BCUT2D eigenvalue weighted by molar-refractivity contribution is 0.192. The predicted molar refractivity (Wildman–Crippen MR) is 86.4 cm³/mol. The monoisotopic (exact) mass is 272 g/mol. The van der Waals surface area contributed by atoms with Gasteiger partial charge in [0.15, 0.2) is 0 Å². The van der Waals surface area contributed by atoms with Crippen LogP contribution in [0.1, 0.15) is 45.1 Å². The summed E-state index contributed by atoms with van der Waals surface area (Å²) in [6.07, 6.45) is 6.59. The van der Waals surface area contributed by atoms with Crippen molar-refractivity contribution in [1.29, 1.82) is 0 Å². The highest BCUT2D eigenvalue weighted by molar-refractivity contribution is 5.59. The summed E-state index contributed by atoms with van der Waals surface area (Å²) in [5.74, 6) is 0. The number of fused-ring (bicyclic) bond motifs is 1. The third-order valence-electron chi connectivity index (χ3n) is 5.20. The van der Waals surface area contributed by atoms with E-state index in [1.165, 1.54) is 63.0 Å². The van der Waals surface area contributed by atoms with Crippen molar-refractivity contribution in [2.45, 2.75) is 52.0 Å². The molecule has 0 saturated carbocycles. The molecule has 2 heteroatoms. The highest BCUT2D eigenvalue weighted by Gasteiger charge is 2.36. The Hall–Kier alpha value is -1.02. The molecule has 0 amide bonds. The first-order valence-corrected chi connectivity index (χ1v) is 8.29. The van der Waals surface area contributed by atoms with Gasteiger partial charge in [0.05, 0.1) is 0 Å². The van der Waals surface area contributed by atoms with Crippen molar-refractivity contribution < 1.29 is 0 Å². The van der Waals surface area contributed by atoms with Crippen molar-refractivity contribution in [1.82, 2.24) is 5.32 Å². The Bertz CT molecular complexity index is 443. The molecule has 0 aromatic heterocycles. The Morgan fingerprint density at radius 3 is 2.95 bits per heavy atom. The third kappa shape index (κ3) is 2.58. The van der Waals surface area contributed by atoms with Crippen LogP contribution in [0.4, 0.5) is 5.69 Å².